The SMILES string of the molecule is O=C(O)c1ccc(CN2CCOC(c3ccc(Cl)s3)C2)o1. The van der Waals surface area contributed by atoms with Crippen molar-refractivity contribution >= 4 is 28.9 Å². The molecule has 1 N–H and O–H groups in total. The van der Waals surface area contributed by atoms with Gasteiger partial charge in [-0.25, -0.2) is 4.79 Å². The summed E-state index contributed by atoms with van der Waals surface area (Å²) in [5.41, 5.74) is 0. The Morgan fingerprint density at radius 1 is 1.43 bits per heavy atom. The molecule has 5 nitrogen and oxygen atoms in total. The highest BCUT2D eigenvalue weighted by Crippen LogP contribution is 2.31. The van der Waals surface area contributed by atoms with Crippen LogP contribution >= 0.6 is 22.9 Å². The van der Waals surface area contributed by atoms with Gasteiger partial charge in [-0.2, -0.15) is 0 Å². The second-order valence-electron chi connectivity index (χ2n) is 4.81. The molecule has 0 amide bonds. The van der Waals surface area contributed by atoms with Gasteiger partial charge in [0.05, 0.1) is 17.5 Å². The maximum atomic E-state index is 10.8. The lowest BCUT2D eigenvalue weighted by atomic mass is 10.2. The molecule has 0 radical (unpaired) electrons. The number of furan rings is 1. The first-order chi connectivity index (χ1) is 10.1. The van der Waals surface area contributed by atoms with E-state index in [2.05, 4.69) is 4.90 Å². The Hall–Kier alpha value is -1.34. The van der Waals surface area contributed by atoms with Gasteiger partial charge in [0.15, 0.2) is 0 Å². The van der Waals surface area contributed by atoms with Crippen LogP contribution < -0.4 is 0 Å². The van der Waals surface area contributed by atoms with Gasteiger partial charge in [-0.1, -0.05) is 11.6 Å². The topological polar surface area (TPSA) is 62.9 Å². The summed E-state index contributed by atoms with van der Waals surface area (Å²) in [6.07, 6.45) is 0.00477. The number of hydrogen-bond donors (Lipinski definition) is 1. The summed E-state index contributed by atoms with van der Waals surface area (Å²) in [5.74, 6) is -0.425. The molecule has 0 aliphatic carbocycles. The van der Waals surface area contributed by atoms with Crippen molar-refractivity contribution in [3.05, 3.63) is 45.0 Å². The smallest absolute Gasteiger partial charge is 0.371 e. The van der Waals surface area contributed by atoms with E-state index >= 15 is 0 Å². The fourth-order valence-electron chi connectivity index (χ4n) is 2.32. The Bertz CT molecular complexity index is 638. The molecule has 2 aromatic rings. The number of nitrogens with zero attached hydrogens (tertiary/aromatic N) is 1. The van der Waals surface area contributed by atoms with Gasteiger partial charge < -0.3 is 14.3 Å². The van der Waals surface area contributed by atoms with E-state index in [1.165, 1.54) is 17.4 Å². The van der Waals surface area contributed by atoms with Crippen molar-refractivity contribution in [1.82, 2.24) is 4.90 Å². The molecule has 0 spiro atoms. The van der Waals surface area contributed by atoms with Crippen molar-refractivity contribution < 1.29 is 19.1 Å². The monoisotopic (exact) mass is 327 g/mol. The van der Waals surface area contributed by atoms with Gasteiger partial charge in [0.1, 0.15) is 11.9 Å². The number of aromatic carboxylic acids is 1. The molecule has 7 heteroatoms. The van der Waals surface area contributed by atoms with E-state index in [1.54, 1.807) is 6.07 Å². The second kappa shape index (κ2) is 6.19. The van der Waals surface area contributed by atoms with E-state index in [0.29, 0.717) is 18.9 Å². The summed E-state index contributed by atoms with van der Waals surface area (Å²) in [4.78, 5) is 14.1. The largest absolute Gasteiger partial charge is 0.475 e. The van der Waals surface area contributed by atoms with E-state index in [9.17, 15) is 4.79 Å². The van der Waals surface area contributed by atoms with E-state index < -0.39 is 5.97 Å². The van der Waals surface area contributed by atoms with Crippen LogP contribution in [0.25, 0.3) is 0 Å². The summed E-state index contributed by atoms with van der Waals surface area (Å²) >= 11 is 7.48. The van der Waals surface area contributed by atoms with E-state index in [1.807, 2.05) is 12.1 Å². The fraction of sp³-hybridized carbons (Fsp3) is 0.357. The summed E-state index contributed by atoms with van der Waals surface area (Å²) in [6, 6.07) is 7.04. The number of halogens is 1. The third-order valence-electron chi connectivity index (χ3n) is 3.31. The number of thiophene rings is 1. The van der Waals surface area contributed by atoms with Gasteiger partial charge in [0.25, 0.3) is 0 Å². The lowest BCUT2D eigenvalue weighted by Crippen LogP contribution is -2.37. The van der Waals surface area contributed by atoms with Crippen molar-refractivity contribution in [2.24, 2.45) is 0 Å². The molecule has 1 fully saturated rings. The van der Waals surface area contributed by atoms with E-state index in [0.717, 1.165) is 22.3 Å². The number of rotatable bonds is 4. The van der Waals surface area contributed by atoms with Gasteiger partial charge in [-0.05, 0) is 24.3 Å². The van der Waals surface area contributed by atoms with Crippen LogP contribution in [0.1, 0.15) is 27.3 Å². The number of carboxylic acids is 1. The zero-order valence-corrected chi connectivity index (χ0v) is 12.7. The van der Waals surface area contributed by atoms with Gasteiger partial charge in [-0.15, -0.1) is 11.3 Å². The van der Waals surface area contributed by atoms with Crippen LogP contribution in [0.3, 0.4) is 0 Å². The number of morpholine rings is 1. The lowest BCUT2D eigenvalue weighted by molar-refractivity contribution is -0.0330. The predicted molar refractivity (Wildman–Crippen MR) is 79.0 cm³/mol. The molecule has 0 bridgehead atoms. The van der Waals surface area contributed by atoms with Gasteiger partial charge in [0, 0.05) is 18.0 Å². The van der Waals surface area contributed by atoms with Crippen LogP contribution in [0.15, 0.2) is 28.7 Å². The second-order valence-corrected chi connectivity index (χ2v) is 6.55. The molecule has 1 saturated heterocycles. The number of ether oxygens (including phenoxy) is 1. The van der Waals surface area contributed by atoms with Gasteiger partial charge >= 0.3 is 5.97 Å². The van der Waals surface area contributed by atoms with Crippen LogP contribution in [0.2, 0.25) is 4.34 Å². The molecule has 3 rings (SSSR count). The van der Waals surface area contributed by atoms with Crippen molar-refractivity contribution in [2.45, 2.75) is 12.6 Å². The first-order valence-corrected chi connectivity index (χ1v) is 7.72. The maximum Gasteiger partial charge on any atom is 0.371 e. The number of carboxylic acid groups (broad SMARTS) is 1. The third-order valence-corrected chi connectivity index (χ3v) is 4.64. The Balaban J connectivity index is 1.64. The molecular formula is C14H14ClNO4S. The zero-order chi connectivity index (χ0) is 14.8. The number of carbonyl (C=O) groups is 1. The molecule has 1 aliphatic heterocycles. The van der Waals surface area contributed by atoms with Gasteiger partial charge in [-0.3, -0.25) is 4.90 Å². The van der Waals surface area contributed by atoms with Crippen LogP contribution in [0.5, 0.6) is 0 Å². The first kappa shape index (κ1) is 14.6. The highest BCUT2D eigenvalue weighted by atomic mass is 35.5. The molecule has 3 heterocycles. The predicted octanol–water partition coefficient (Wildman–Crippen LogP) is 3.27. The van der Waals surface area contributed by atoms with Crippen LogP contribution in [-0.2, 0) is 11.3 Å². The summed E-state index contributed by atoms with van der Waals surface area (Å²) in [5, 5.41) is 8.86. The highest BCUT2D eigenvalue weighted by molar-refractivity contribution is 7.16. The minimum absolute atomic E-state index is 0.00477. The minimum Gasteiger partial charge on any atom is -0.475 e. The molecule has 112 valence electrons. The molecule has 0 saturated carbocycles. The molecule has 1 unspecified atom stereocenters. The summed E-state index contributed by atoms with van der Waals surface area (Å²) in [7, 11) is 0. The van der Waals surface area contributed by atoms with Crippen LogP contribution in [-0.4, -0.2) is 35.7 Å². The summed E-state index contributed by atoms with van der Waals surface area (Å²) < 4.78 is 11.8. The molecule has 1 aliphatic rings. The van der Waals surface area contributed by atoms with Crippen molar-refractivity contribution in [2.75, 3.05) is 19.7 Å². The molecule has 21 heavy (non-hydrogen) atoms. The van der Waals surface area contributed by atoms with Crippen molar-refractivity contribution in [1.29, 1.82) is 0 Å². The quantitative estimate of drug-likeness (QED) is 0.933. The van der Waals surface area contributed by atoms with E-state index in [-0.39, 0.29) is 11.9 Å². The molecule has 2 aromatic heterocycles. The summed E-state index contributed by atoms with van der Waals surface area (Å²) in [6.45, 7) is 2.73. The molecule has 0 aromatic carbocycles. The standard InChI is InChI=1S/C14H14ClNO4S/c15-13-4-3-12(21-13)11-8-16(5-6-19-11)7-9-1-2-10(20-9)14(17)18/h1-4,11H,5-8H2,(H,17,18). The van der Waals surface area contributed by atoms with E-state index in [4.69, 9.17) is 25.9 Å². The average molecular weight is 328 g/mol. The molecular weight excluding hydrogens is 314 g/mol. The zero-order valence-electron chi connectivity index (χ0n) is 11.1. The highest BCUT2D eigenvalue weighted by Gasteiger charge is 2.24. The Kier molecular flexibility index (Phi) is 4.30. The Morgan fingerprint density at radius 3 is 2.95 bits per heavy atom. The molecule has 1 atom stereocenters. The number of hydrogen-bond acceptors (Lipinski definition) is 5. The minimum atomic E-state index is -1.05. The fourth-order valence-corrected chi connectivity index (χ4v) is 3.42. The lowest BCUT2D eigenvalue weighted by Gasteiger charge is -2.31. The average Bonchev–Trinajstić information content (AvgIpc) is 3.08. The van der Waals surface area contributed by atoms with Crippen LogP contribution in [0.4, 0.5) is 0 Å². The third kappa shape index (κ3) is 3.47. The maximum absolute atomic E-state index is 10.8. The van der Waals surface area contributed by atoms with Gasteiger partial charge in [0.2, 0.25) is 5.76 Å². The Labute approximate surface area is 130 Å². The normalized spacial score (nSPS) is 19.8. The van der Waals surface area contributed by atoms with Crippen LogP contribution in [0, 0.1) is 0 Å². The van der Waals surface area contributed by atoms with Crippen molar-refractivity contribution in [3.63, 3.8) is 0 Å². The van der Waals surface area contributed by atoms with Crippen molar-refractivity contribution in [3.8, 4) is 0 Å². The Morgan fingerprint density at radius 2 is 2.29 bits per heavy atom. The first-order valence-electron chi connectivity index (χ1n) is 6.53.